The first kappa shape index (κ1) is 17.9. The van der Waals surface area contributed by atoms with Gasteiger partial charge in [-0.1, -0.05) is 38.3 Å². The second kappa shape index (κ2) is 9.75. The summed E-state index contributed by atoms with van der Waals surface area (Å²) in [6, 6.07) is 1.11. The fraction of sp³-hybridized carbons (Fsp3) is 0.882. The van der Waals surface area contributed by atoms with E-state index in [1.807, 2.05) is 0 Å². The lowest BCUT2D eigenvalue weighted by Crippen LogP contribution is -2.39. The highest BCUT2D eigenvalue weighted by atomic mass is 28.4. The molecule has 2 unspecified atom stereocenters. The van der Waals surface area contributed by atoms with Gasteiger partial charge in [0, 0.05) is 0 Å². The molecule has 1 heterocycles. The summed E-state index contributed by atoms with van der Waals surface area (Å²) in [5.74, 6) is 0. The van der Waals surface area contributed by atoms with E-state index in [9.17, 15) is 0 Å². The van der Waals surface area contributed by atoms with Gasteiger partial charge in [0.05, 0.1) is 6.10 Å². The predicted octanol–water partition coefficient (Wildman–Crippen LogP) is 5.65. The van der Waals surface area contributed by atoms with Crippen molar-refractivity contribution in [3.8, 4) is 0 Å². The van der Waals surface area contributed by atoms with Crippen LogP contribution in [0.1, 0.15) is 65.2 Å². The van der Waals surface area contributed by atoms with Crippen molar-refractivity contribution in [1.82, 2.24) is 0 Å². The summed E-state index contributed by atoms with van der Waals surface area (Å²) < 4.78 is 12.1. The van der Waals surface area contributed by atoms with Crippen LogP contribution in [0.25, 0.3) is 0 Å². The van der Waals surface area contributed by atoms with Crippen LogP contribution in [0.4, 0.5) is 0 Å². The average molecular weight is 299 g/mol. The van der Waals surface area contributed by atoms with E-state index < -0.39 is 8.32 Å². The van der Waals surface area contributed by atoms with Crippen molar-refractivity contribution in [3.63, 3.8) is 0 Å². The van der Waals surface area contributed by atoms with Crippen molar-refractivity contribution >= 4 is 8.32 Å². The molecule has 0 radical (unpaired) electrons. The van der Waals surface area contributed by atoms with Crippen molar-refractivity contribution < 1.29 is 9.16 Å². The molecule has 0 amide bonds. The largest absolute Gasteiger partial charge is 0.392 e. The fourth-order valence-corrected chi connectivity index (χ4v) is 4.35. The van der Waals surface area contributed by atoms with Gasteiger partial charge in [-0.3, -0.25) is 0 Å². The van der Waals surface area contributed by atoms with E-state index in [1.165, 1.54) is 44.9 Å². The molecule has 1 rings (SSSR count). The Hall–Kier alpha value is -0.123. The minimum atomic E-state index is -1.61. The van der Waals surface area contributed by atoms with Crippen LogP contribution >= 0.6 is 0 Å². The van der Waals surface area contributed by atoms with Gasteiger partial charge in [0.25, 0.3) is 0 Å². The third-order valence-electron chi connectivity index (χ3n) is 3.89. The molecule has 1 aliphatic heterocycles. The Kier molecular flexibility index (Phi) is 8.74. The van der Waals surface area contributed by atoms with E-state index in [2.05, 4.69) is 39.1 Å². The highest BCUT2D eigenvalue weighted by Gasteiger charge is 2.28. The van der Waals surface area contributed by atoms with E-state index in [0.717, 1.165) is 12.5 Å². The Morgan fingerprint density at radius 1 is 1.15 bits per heavy atom. The average Bonchev–Trinajstić information content (AvgIpc) is 2.37. The van der Waals surface area contributed by atoms with Gasteiger partial charge in [-0.05, 0) is 58.2 Å². The quantitative estimate of drug-likeness (QED) is 0.311. The first-order valence-corrected chi connectivity index (χ1v) is 11.6. The topological polar surface area (TPSA) is 18.5 Å². The summed E-state index contributed by atoms with van der Waals surface area (Å²) in [5, 5.41) is 0. The molecule has 118 valence electrons. The maximum Gasteiger partial charge on any atom is 0.193 e. The molecule has 0 aliphatic carbocycles. The highest BCUT2D eigenvalue weighted by molar-refractivity contribution is 6.71. The van der Waals surface area contributed by atoms with Gasteiger partial charge in [-0.25, -0.2) is 0 Å². The molecule has 2 nitrogen and oxygen atoms in total. The van der Waals surface area contributed by atoms with Crippen molar-refractivity contribution in [3.05, 3.63) is 12.2 Å². The van der Waals surface area contributed by atoms with Crippen LogP contribution in [0, 0.1) is 0 Å². The molecule has 0 N–H and O–H groups in total. The molecular formula is C17H34O2Si. The number of ether oxygens (including phenoxy) is 1. The molecular weight excluding hydrogens is 264 g/mol. The molecule has 3 heteroatoms. The molecule has 1 fully saturated rings. The lowest BCUT2D eigenvalue weighted by Gasteiger charge is -2.33. The van der Waals surface area contributed by atoms with Crippen LogP contribution < -0.4 is 0 Å². The summed E-state index contributed by atoms with van der Waals surface area (Å²) in [5.41, 5.74) is 0. The van der Waals surface area contributed by atoms with Gasteiger partial charge >= 0.3 is 0 Å². The first-order chi connectivity index (χ1) is 9.53. The molecule has 2 atom stereocenters. The standard InChI is InChI=1S/C17H34O2Si/c1-5-6-7-8-9-10-11-15-20(3,4)19-17-14-12-13-16(2)18-17/h10-11,16-17H,5-9,12-15H2,1-4H3/b11-10+. The number of allylic oxidation sites excluding steroid dienone is 2. The summed E-state index contributed by atoms with van der Waals surface area (Å²) in [6.45, 7) is 9.02. The fourth-order valence-electron chi connectivity index (χ4n) is 2.63. The van der Waals surface area contributed by atoms with Crippen LogP contribution in [0.5, 0.6) is 0 Å². The Labute approximate surface area is 127 Å². The van der Waals surface area contributed by atoms with E-state index in [4.69, 9.17) is 9.16 Å². The van der Waals surface area contributed by atoms with Crippen LogP contribution in [0.2, 0.25) is 19.1 Å². The number of hydrogen-bond donors (Lipinski definition) is 0. The van der Waals surface area contributed by atoms with Gasteiger partial charge in [-0.15, -0.1) is 0 Å². The van der Waals surface area contributed by atoms with Gasteiger partial charge < -0.3 is 9.16 Å². The second-order valence-electron chi connectivity index (χ2n) is 6.71. The summed E-state index contributed by atoms with van der Waals surface area (Å²) >= 11 is 0. The number of rotatable bonds is 9. The minimum Gasteiger partial charge on any atom is -0.392 e. The maximum absolute atomic E-state index is 6.26. The SMILES string of the molecule is CCCCCC/C=C/C[Si](C)(C)OC1CCCC(C)O1. The van der Waals surface area contributed by atoms with E-state index in [-0.39, 0.29) is 6.29 Å². The van der Waals surface area contributed by atoms with Gasteiger partial charge in [0.1, 0.15) is 6.29 Å². The molecule has 1 saturated heterocycles. The lowest BCUT2D eigenvalue weighted by molar-refractivity contribution is -0.145. The molecule has 1 aliphatic rings. The van der Waals surface area contributed by atoms with Crippen molar-refractivity contribution in [1.29, 1.82) is 0 Å². The molecule has 0 bridgehead atoms. The van der Waals surface area contributed by atoms with Gasteiger partial charge in [0.2, 0.25) is 0 Å². The highest BCUT2D eigenvalue weighted by Crippen LogP contribution is 2.24. The maximum atomic E-state index is 6.26. The number of hydrogen-bond acceptors (Lipinski definition) is 2. The van der Waals surface area contributed by atoms with E-state index >= 15 is 0 Å². The first-order valence-electron chi connectivity index (χ1n) is 8.52. The normalized spacial score (nSPS) is 24.4. The van der Waals surface area contributed by atoms with Crippen molar-refractivity contribution in [2.24, 2.45) is 0 Å². The zero-order chi connectivity index (χ0) is 14.8. The van der Waals surface area contributed by atoms with Crippen molar-refractivity contribution in [2.75, 3.05) is 0 Å². The Bertz CT molecular complexity index is 276. The lowest BCUT2D eigenvalue weighted by atomic mass is 10.1. The smallest absolute Gasteiger partial charge is 0.193 e. The summed E-state index contributed by atoms with van der Waals surface area (Å²) in [6.07, 6.45) is 15.2. The third-order valence-corrected chi connectivity index (χ3v) is 6.01. The predicted molar refractivity (Wildman–Crippen MR) is 89.5 cm³/mol. The van der Waals surface area contributed by atoms with Crippen LogP contribution in [-0.4, -0.2) is 20.7 Å². The molecule has 0 spiro atoms. The number of unbranched alkanes of at least 4 members (excludes halogenated alkanes) is 4. The minimum absolute atomic E-state index is 0.0540. The Balaban J connectivity index is 2.18. The Morgan fingerprint density at radius 2 is 1.95 bits per heavy atom. The molecule has 0 saturated carbocycles. The van der Waals surface area contributed by atoms with Gasteiger partial charge in [-0.2, -0.15) is 0 Å². The third kappa shape index (κ3) is 8.23. The summed E-state index contributed by atoms with van der Waals surface area (Å²) in [4.78, 5) is 0. The van der Waals surface area contributed by atoms with Crippen LogP contribution in [0.15, 0.2) is 12.2 Å². The summed E-state index contributed by atoms with van der Waals surface area (Å²) in [7, 11) is -1.61. The second-order valence-corrected chi connectivity index (χ2v) is 10.9. The zero-order valence-corrected chi connectivity index (χ0v) is 15.0. The Morgan fingerprint density at radius 3 is 2.65 bits per heavy atom. The van der Waals surface area contributed by atoms with Gasteiger partial charge in [0.15, 0.2) is 8.32 Å². The van der Waals surface area contributed by atoms with Crippen LogP contribution in [-0.2, 0) is 9.16 Å². The monoisotopic (exact) mass is 298 g/mol. The van der Waals surface area contributed by atoms with E-state index in [1.54, 1.807) is 0 Å². The molecule has 0 aromatic rings. The zero-order valence-electron chi connectivity index (χ0n) is 14.0. The molecule has 20 heavy (non-hydrogen) atoms. The molecule has 0 aromatic carbocycles. The molecule has 0 aromatic heterocycles. The van der Waals surface area contributed by atoms with Crippen LogP contribution in [0.3, 0.4) is 0 Å². The van der Waals surface area contributed by atoms with E-state index in [0.29, 0.717) is 6.10 Å². The van der Waals surface area contributed by atoms with Crippen molar-refractivity contribution in [2.45, 2.75) is 96.7 Å².